The Labute approximate surface area is 80.7 Å². The molecule has 74 valence electrons. The number of aliphatic hydroxyl groups excluding tert-OH is 1. The molecule has 0 aromatic carbocycles. The monoisotopic (exact) mass is 206 g/mol. The van der Waals surface area contributed by atoms with Gasteiger partial charge in [0, 0.05) is 6.54 Å². The van der Waals surface area contributed by atoms with Crippen LogP contribution in [0.3, 0.4) is 0 Å². The molecule has 1 atom stereocenters. The number of halogens is 1. The van der Waals surface area contributed by atoms with Crippen LogP contribution >= 0.6 is 11.6 Å². The lowest BCUT2D eigenvalue weighted by Crippen LogP contribution is -2.44. The molecule has 6 heteroatoms. The third kappa shape index (κ3) is 1.92. The number of alkyl halides is 1. The number of nitro groups is 1. The van der Waals surface area contributed by atoms with Crippen LogP contribution in [-0.4, -0.2) is 39.9 Å². The third-order valence-electron chi connectivity index (χ3n) is 1.97. The van der Waals surface area contributed by atoms with Crippen molar-refractivity contribution in [2.45, 2.75) is 11.8 Å². The molecule has 1 aliphatic heterocycles. The van der Waals surface area contributed by atoms with E-state index in [9.17, 15) is 15.2 Å². The normalized spacial score (nSPS) is 30.7. The SMILES string of the molecule is CN1CC([N+](=O)[O-])=C(O)C(C)(Cl)C1. The van der Waals surface area contributed by atoms with Gasteiger partial charge in [-0.25, -0.2) is 0 Å². The lowest BCUT2D eigenvalue weighted by molar-refractivity contribution is -0.432. The van der Waals surface area contributed by atoms with Gasteiger partial charge in [-0.3, -0.25) is 15.0 Å². The van der Waals surface area contributed by atoms with E-state index in [-0.39, 0.29) is 18.0 Å². The van der Waals surface area contributed by atoms with E-state index in [2.05, 4.69) is 0 Å². The Hall–Kier alpha value is -0.810. The van der Waals surface area contributed by atoms with E-state index >= 15 is 0 Å². The van der Waals surface area contributed by atoms with Crippen LogP contribution in [0.2, 0.25) is 0 Å². The Kier molecular flexibility index (Phi) is 2.49. The van der Waals surface area contributed by atoms with Gasteiger partial charge in [0.15, 0.2) is 5.76 Å². The summed E-state index contributed by atoms with van der Waals surface area (Å²) in [6.07, 6.45) is 0. The van der Waals surface area contributed by atoms with E-state index in [0.717, 1.165) is 0 Å². The van der Waals surface area contributed by atoms with Crippen molar-refractivity contribution >= 4 is 11.6 Å². The maximum absolute atomic E-state index is 10.5. The van der Waals surface area contributed by atoms with Gasteiger partial charge < -0.3 is 5.11 Å². The zero-order valence-electron chi connectivity index (χ0n) is 7.45. The van der Waals surface area contributed by atoms with Crippen LogP contribution in [-0.2, 0) is 0 Å². The number of nitrogens with zero attached hydrogens (tertiary/aromatic N) is 2. The maximum atomic E-state index is 10.5. The minimum absolute atomic E-state index is 0.126. The first kappa shape index (κ1) is 10.3. The van der Waals surface area contributed by atoms with E-state index in [1.165, 1.54) is 0 Å². The fourth-order valence-electron chi connectivity index (χ4n) is 1.41. The highest BCUT2D eigenvalue weighted by molar-refractivity contribution is 6.25. The Bertz CT molecular complexity index is 275. The van der Waals surface area contributed by atoms with Crippen molar-refractivity contribution in [3.63, 3.8) is 0 Å². The lowest BCUT2D eigenvalue weighted by Gasteiger charge is -2.31. The number of aliphatic hydroxyl groups is 1. The summed E-state index contributed by atoms with van der Waals surface area (Å²) in [6.45, 7) is 2.09. The van der Waals surface area contributed by atoms with Gasteiger partial charge in [-0.15, -0.1) is 11.6 Å². The van der Waals surface area contributed by atoms with Gasteiger partial charge >= 0.3 is 0 Å². The van der Waals surface area contributed by atoms with E-state index in [1.54, 1.807) is 18.9 Å². The van der Waals surface area contributed by atoms with E-state index in [4.69, 9.17) is 11.6 Å². The van der Waals surface area contributed by atoms with Gasteiger partial charge in [-0.05, 0) is 14.0 Å². The first-order valence-corrected chi connectivity index (χ1v) is 4.17. The summed E-state index contributed by atoms with van der Waals surface area (Å²) in [5.41, 5.74) is -0.216. The molecular formula is C7H11ClN2O3. The standard InChI is InChI=1S/C7H11ClN2O3/c1-7(8)4-9(2)3-5(6(7)11)10(12)13/h11H,3-4H2,1-2H3. The molecule has 1 N–H and O–H groups in total. The lowest BCUT2D eigenvalue weighted by atomic mass is 10.0. The first-order chi connectivity index (χ1) is 5.84. The van der Waals surface area contributed by atoms with E-state index in [0.29, 0.717) is 6.54 Å². The Morgan fingerprint density at radius 1 is 1.77 bits per heavy atom. The molecule has 0 spiro atoms. The summed E-state index contributed by atoms with van der Waals surface area (Å²) < 4.78 is 0. The number of likely N-dealkylation sites (N-methyl/N-ethyl adjacent to an activating group) is 1. The average molecular weight is 207 g/mol. The highest BCUT2D eigenvalue weighted by atomic mass is 35.5. The highest BCUT2D eigenvalue weighted by Crippen LogP contribution is 2.30. The van der Waals surface area contributed by atoms with E-state index < -0.39 is 9.80 Å². The van der Waals surface area contributed by atoms with Gasteiger partial charge in [0.25, 0.3) is 5.70 Å². The summed E-state index contributed by atoms with van der Waals surface area (Å²) in [5.74, 6) is -0.322. The van der Waals surface area contributed by atoms with Crippen molar-refractivity contribution < 1.29 is 10.0 Å². The molecule has 0 saturated carbocycles. The highest BCUT2D eigenvalue weighted by Gasteiger charge is 2.40. The summed E-state index contributed by atoms with van der Waals surface area (Å²) >= 11 is 5.90. The van der Waals surface area contributed by atoms with Crippen molar-refractivity contribution in [3.05, 3.63) is 21.6 Å². The first-order valence-electron chi connectivity index (χ1n) is 3.79. The van der Waals surface area contributed by atoms with Gasteiger partial charge in [0.05, 0.1) is 11.5 Å². The van der Waals surface area contributed by atoms with Crippen molar-refractivity contribution in [3.8, 4) is 0 Å². The van der Waals surface area contributed by atoms with Crippen LogP contribution in [0, 0.1) is 10.1 Å². The molecule has 1 rings (SSSR count). The summed E-state index contributed by atoms with van der Waals surface area (Å²) in [5, 5.41) is 20.0. The second-order valence-electron chi connectivity index (χ2n) is 3.42. The second-order valence-corrected chi connectivity index (χ2v) is 4.26. The Morgan fingerprint density at radius 3 is 2.77 bits per heavy atom. The van der Waals surface area contributed by atoms with Crippen molar-refractivity contribution in [2.24, 2.45) is 0 Å². The molecule has 0 aliphatic carbocycles. The maximum Gasteiger partial charge on any atom is 0.298 e. The molecule has 5 nitrogen and oxygen atoms in total. The van der Waals surface area contributed by atoms with Crippen LogP contribution in [0.4, 0.5) is 0 Å². The summed E-state index contributed by atoms with van der Waals surface area (Å²) in [7, 11) is 1.72. The number of hydrogen-bond donors (Lipinski definition) is 1. The van der Waals surface area contributed by atoms with Crippen molar-refractivity contribution in [1.82, 2.24) is 4.90 Å². The van der Waals surface area contributed by atoms with Crippen LogP contribution < -0.4 is 0 Å². The molecule has 0 fully saturated rings. The van der Waals surface area contributed by atoms with Crippen LogP contribution in [0.1, 0.15) is 6.92 Å². The number of rotatable bonds is 1. The summed E-state index contributed by atoms with van der Waals surface area (Å²) in [4.78, 5) is 10.6. The van der Waals surface area contributed by atoms with Crippen LogP contribution in [0.15, 0.2) is 11.5 Å². The number of hydrogen-bond acceptors (Lipinski definition) is 4. The Morgan fingerprint density at radius 2 is 2.31 bits per heavy atom. The average Bonchev–Trinajstić information content (AvgIpc) is 1.95. The van der Waals surface area contributed by atoms with Gasteiger partial charge in [0.1, 0.15) is 4.87 Å². The molecule has 1 heterocycles. The predicted molar refractivity (Wildman–Crippen MR) is 48.4 cm³/mol. The minimum Gasteiger partial charge on any atom is -0.505 e. The molecule has 0 radical (unpaired) electrons. The molecule has 1 aliphatic rings. The van der Waals surface area contributed by atoms with Gasteiger partial charge in [-0.1, -0.05) is 0 Å². The van der Waals surface area contributed by atoms with Crippen molar-refractivity contribution in [2.75, 3.05) is 20.1 Å². The predicted octanol–water partition coefficient (Wildman–Crippen LogP) is 0.976. The zero-order valence-corrected chi connectivity index (χ0v) is 8.21. The second kappa shape index (κ2) is 3.16. The summed E-state index contributed by atoms with van der Waals surface area (Å²) in [6, 6.07) is 0. The molecule has 0 aromatic heterocycles. The molecule has 0 bridgehead atoms. The third-order valence-corrected chi connectivity index (χ3v) is 2.27. The Balaban J connectivity index is 3.09. The topological polar surface area (TPSA) is 66.6 Å². The van der Waals surface area contributed by atoms with Gasteiger partial charge in [-0.2, -0.15) is 0 Å². The zero-order chi connectivity index (χ0) is 10.2. The largest absolute Gasteiger partial charge is 0.505 e. The smallest absolute Gasteiger partial charge is 0.298 e. The van der Waals surface area contributed by atoms with Crippen LogP contribution in [0.25, 0.3) is 0 Å². The molecule has 13 heavy (non-hydrogen) atoms. The molecular weight excluding hydrogens is 196 g/mol. The molecule has 0 amide bonds. The molecule has 0 saturated heterocycles. The fraction of sp³-hybridized carbons (Fsp3) is 0.714. The molecule has 1 unspecified atom stereocenters. The minimum atomic E-state index is -1.05. The fourth-order valence-corrected chi connectivity index (χ4v) is 1.73. The molecule has 0 aromatic rings. The van der Waals surface area contributed by atoms with E-state index in [1.807, 2.05) is 0 Å². The van der Waals surface area contributed by atoms with Crippen LogP contribution in [0.5, 0.6) is 0 Å². The van der Waals surface area contributed by atoms with Gasteiger partial charge in [0.2, 0.25) is 0 Å². The quantitative estimate of drug-likeness (QED) is 0.395. The van der Waals surface area contributed by atoms with Crippen molar-refractivity contribution in [1.29, 1.82) is 0 Å².